The molecule has 0 amide bonds. The Morgan fingerprint density at radius 1 is 0.846 bits per heavy atom. The molecule has 0 aliphatic heterocycles. The van der Waals surface area contributed by atoms with Crippen LogP contribution in [0.4, 0.5) is 0 Å². The van der Waals surface area contributed by atoms with Crippen LogP contribution >= 0.6 is 0 Å². The summed E-state index contributed by atoms with van der Waals surface area (Å²) in [4.78, 5) is 10.2. The minimum Gasteiger partial charge on any atom is -0.549 e. The van der Waals surface area contributed by atoms with Gasteiger partial charge in [0.2, 0.25) is 10.0 Å². The average Bonchev–Trinajstić information content (AvgIpc) is 2.56. The zero-order valence-corrected chi connectivity index (χ0v) is 20.7. The summed E-state index contributed by atoms with van der Waals surface area (Å²) in [6.45, 7) is 1.56. The number of carboxylic acid groups (broad SMARTS) is 1. The van der Waals surface area contributed by atoms with Gasteiger partial charge in [-0.25, -0.2) is 13.1 Å². The number of sulfonamides is 1. The van der Waals surface area contributed by atoms with Crippen LogP contribution in [0.1, 0.15) is 96.8 Å². The summed E-state index contributed by atoms with van der Waals surface area (Å²) in [6, 6.07) is 0. The van der Waals surface area contributed by atoms with E-state index in [-0.39, 0.29) is 51.4 Å². The van der Waals surface area contributed by atoms with E-state index >= 15 is 0 Å². The van der Waals surface area contributed by atoms with Crippen molar-refractivity contribution < 1.29 is 69.7 Å². The van der Waals surface area contributed by atoms with Crippen LogP contribution in [0.3, 0.4) is 0 Å². The molecule has 0 fully saturated rings. The summed E-state index contributed by atoms with van der Waals surface area (Å²) in [5.74, 6) is -1.44. The van der Waals surface area contributed by atoms with Gasteiger partial charge in [0.05, 0.1) is 12.5 Å². The molecule has 0 aromatic rings. The third-order valence-corrected chi connectivity index (χ3v) is 5.26. The van der Waals surface area contributed by atoms with Gasteiger partial charge >= 0.3 is 51.4 Å². The van der Waals surface area contributed by atoms with Crippen molar-refractivity contribution in [3.63, 3.8) is 0 Å². The molecule has 7 heteroatoms. The molecule has 26 heavy (non-hydrogen) atoms. The van der Waals surface area contributed by atoms with E-state index in [4.69, 9.17) is 0 Å². The maximum absolute atomic E-state index is 11.4. The number of carbonyl (C=O) groups excluding carboxylic acids is 1. The number of hydrogen-bond donors (Lipinski definition) is 1. The van der Waals surface area contributed by atoms with Gasteiger partial charge in [0.25, 0.3) is 0 Å². The second kappa shape index (κ2) is 20.5. The molecule has 0 heterocycles. The number of allylic oxidation sites excluding steroid dienone is 1. The number of rotatable bonds is 18. The number of hydrogen-bond acceptors (Lipinski definition) is 4. The molecule has 0 spiro atoms. The third-order valence-electron chi connectivity index (χ3n) is 4.17. The van der Waals surface area contributed by atoms with Crippen molar-refractivity contribution >= 4 is 16.0 Å². The maximum Gasteiger partial charge on any atom is 1.00 e. The number of nitrogens with one attached hydrogen (secondary N) is 1. The quantitative estimate of drug-likeness (QED) is 0.264. The van der Waals surface area contributed by atoms with Crippen molar-refractivity contribution in [3.05, 3.63) is 11.5 Å². The predicted octanol–water partition coefficient (Wildman–Crippen LogP) is 0.655. The van der Waals surface area contributed by atoms with E-state index in [9.17, 15) is 18.3 Å². The molecule has 0 unspecified atom stereocenters. The Bertz CT molecular complexity index is 452. The molecule has 148 valence electrons. The fourth-order valence-corrected chi connectivity index (χ4v) is 3.49. The van der Waals surface area contributed by atoms with Crippen LogP contribution in [0, 0.1) is 0 Å². The molecule has 0 aliphatic carbocycles. The molecule has 0 radical (unpaired) electrons. The Hall–Kier alpha value is 0.756. The van der Waals surface area contributed by atoms with E-state index in [1.807, 2.05) is 4.72 Å². The summed E-state index contributed by atoms with van der Waals surface area (Å²) in [5, 5.41) is 11.2. The number of unbranched alkanes of at least 4 members (excludes halogenated alkanes) is 13. The molecule has 0 saturated carbocycles. The molecule has 0 aliphatic rings. The molecule has 0 saturated heterocycles. The summed E-state index contributed by atoms with van der Waals surface area (Å²) < 4.78 is 24.7. The third kappa shape index (κ3) is 22.8. The molecule has 0 aromatic heterocycles. The van der Waals surface area contributed by atoms with Crippen LogP contribution in [0.2, 0.25) is 0 Å². The fourth-order valence-electron chi connectivity index (χ4n) is 2.68. The van der Waals surface area contributed by atoms with E-state index in [2.05, 4.69) is 6.92 Å². The molecule has 0 bridgehead atoms. The molecule has 0 atom stereocenters. The van der Waals surface area contributed by atoms with Crippen LogP contribution in [-0.2, 0) is 14.8 Å². The van der Waals surface area contributed by atoms with Crippen molar-refractivity contribution in [2.45, 2.75) is 96.8 Å². The summed E-state index contributed by atoms with van der Waals surface area (Å²) >= 11 is 0. The second-order valence-corrected chi connectivity index (χ2v) is 8.29. The topological polar surface area (TPSA) is 86.3 Å². The first-order chi connectivity index (χ1) is 12.0. The Kier molecular flexibility index (Phi) is 22.8. The minimum absolute atomic E-state index is 0. The Labute approximate surface area is 203 Å². The summed E-state index contributed by atoms with van der Waals surface area (Å²) in [6.07, 6.45) is 19.0. The first kappa shape index (κ1) is 29.0. The SMILES string of the molecule is CCCCCCCCCCCCCCC/C=C/S(=O)(=O)NCC(=O)[O-].[K+]. The van der Waals surface area contributed by atoms with Crippen LogP contribution in [0.5, 0.6) is 0 Å². The van der Waals surface area contributed by atoms with Crippen LogP contribution in [0.15, 0.2) is 11.5 Å². The molecular formula is C19H36KNO4S. The van der Waals surface area contributed by atoms with Gasteiger partial charge in [-0.1, -0.05) is 90.0 Å². The van der Waals surface area contributed by atoms with E-state index in [0.717, 1.165) is 18.2 Å². The molecule has 5 nitrogen and oxygen atoms in total. The monoisotopic (exact) mass is 413 g/mol. The van der Waals surface area contributed by atoms with Gasteiger partial charge in [-0.2, -0.15) is 0 Å². The minimum atomic E-state index is -3.65. The summed E-state index contributed by atoms with van der Waals surface area (Å²) in [7, 11) is -3.65. The van der Waals surface area contributed by atoms with Gasteiger partial charge < -0.3 is 9.90 Å². The normalized spacial score (nSPS) is 11.6. The zero-order valence-electron chi connectivity index (χ0n) is 16.8. The van der Waals surface area contributed by atoms with Crippen LogP contribution < -0.4 is 61.2 Å². The Morgan fingerprint density at radius 2 is 1.27 bits per heavy atom. The molecular weight excluding hydrogens is 377 g/mol. The molecule has 0 rings (SSSR count). The van der Waals surface area contributed by atoms with Crippen molar-refractivity contribution in [1.82, 2.24) is 4.72 Å². The number of carboxylic acids is 1. The van der Waals surface area contributed by atoms with Gasteiger partial charge in [0.1, 0.15) is 0 Å². The van der Waals surface area contributed by atoms with Crippen molar-refractivity contribution in [1.29, 1.82) is 0 Å². The largest absolute Gasteiger partial charge is 1.00 e. The Balaban J connectivity index is 0. The Morgan fingerprint density at radius 3 is 1.69 bits per heavy atom. The van der Waals surface area contributed by atoms with E-state index in [0.29, 0.717) is 6.42 Å². The summed E-state index contributed by atoms with van der Waals surface area (Å²) in [5.41, 5.74) is 0. The fraction of sp³-hybridized carbons (Fsp3) is 0.842. The molecule has 0 aromatic carbocycles. The van der Waals surface area contributed by atoms with E-state index in [1.165, 1.54) is 70.6 Å². The van der Waals surface area contributed by atoms with E-state index in [1.54, 1.807) is 6.08 Å². The average molecular weight is 414 g/mol. The number of carbonyl (C=O) groups is 1. The zero-order chi connectivity index (χ0) is 18.8. The number of aliphatic carboxylic acids is 1. The second-order valence-electron chi connectivity index (χ2n) is 6.64. The van der Waals surface area contributed by atoms with Gasteiger partial charge in [-0.05, 0) is 12.8 Å². The van der Waals surface area contributed by atoms with Gasteiger partial charge in [0, 0.05) is 5.41 Å². The smallest absolute Gasteiger partial charge is 0.549 e. The van der Waals surface area contributed by atoms with Crippen LogP contribution in [-0.4, -0.2) is 20.9 Å². The predicted molar refractivity (Wildman–Crippen MR) is 101 cm³/mol. The van der Waals surface area contributed by atoms with Gasteiger partial charge in [0.15, 0.2) is 0 Å². The van der Waals surface area contributed by atoms with Gasteiger partial charge in [-0.15, -0.1) is 0 Å². The standard InChI is InChI=1S/C19H37NO4S.K/c1-2-3-4-5-6-7-8-9-10-11-12-13-14-15-16-17-25(23,24)20-18-19(21)22;/h16-17,20H,2-15,18H2,1H3,(H,21,22);/q;+1/p-1/b17-16+;. The first-order valence-electron chi connectivity index (χ1n) is 9.84. The van der Waals surface area contributed by atoms with Crippen molar-refractivity contribution in [2.75, 3.05) is 6.54 Å². The molecule has 1 N–H and O–H groups in total. The van der Waals surface area contributed by atoms with E-state index < -0.39 is 22.5 Å². The van der Waals surface area contributed by atoms with Crippen molar-refractivity contribution in [2.24, 2.45) is 0 Å². The van der Waals surface area contributed by atoms with Gasteiger partial charge in [-0.3, -0.25) is 0 Å². The van der Waals surface area contributed by atoms with Crippen molar-refractivity contribution in [3.8, 4) is 0 Å². The maximum atomic E-state index is 11.4. The first-order valence-corrected chi connectivity index (χ1v) is 11.4. The van der Waals surface area contributed by atoms with Crippen LogP contribution in [0.25, 0.3) is 0 Å².